The van der Waals surface area contributed by atoms with Crippen LogP contribution in [0.5, 0.6) is 0 Å². The van der Waals surface area contributed by atoms with E-state index in [1.807, 2.05) is 6.92 Å². The number of halogens is 2. The van der Waals surface area contributed by atoms with Crippen LogP contribution in [0.4, 0.5) is 5.69 Å². The van der Waals surface area contributed by atoms with Crippen molar-refractivity contribution in [2.24, 2.45) is 0 Å². The molecule has 0 spiro atoms. The molecule has 0 aliphatic heterocycles. The van der Waals surface area contributed by atoms with Crippen molar-refractivity contribution in [1.82, 2.24) is 0 Å². The molecule has 3 nitrogen and oxygen atoms in total. The Kier molecular flexibility index (Phi) is 3.61. The van der Waals surface area contributed by atoms with E-state index in [0.29, 0.717) is 15.7 Å². The first-order valence-electron chi connectivity index (χ1n) is 3.92. The number of benzene rings is 1. The van der Waals surface area contributed by atoms with Crippen molar-refractivity contribution in [2.75, 3.05) is 11.9 Å². The first kappa shape index (κ1) is 11.1. The lowest BCUT2D eigenvalue weighted by Crippen LogP contribution is -2.12. The first-order valence-corrected chi connectivity index (χ1v) is 4.67. The van der Waals surface area contributed by atoms with Gasteiger partial charge in [0.2, 0.25) is 0 Å². The second kappa shape index (κ2) is 4.53. The summed E-state index contributed by atoms with van der Waals surface area (Å²) < 4.78 is 0. The van der Waals surface area contributed by atoms with E-state index in [0.717, 1.165) is 5.56 Å². The van der Waals surface area contributed by atoms with E-state index in [4.69, 9.17) is 28.3 Å². The third kappa shape index (κ3) is 2.79. The van der Waals surface area contributed by atoms with E-state index in [1.165, 1.54) is 0 Å². The Labute approximate surface area is 91.6 Å². The van der Waals surface area contributed by atoms with Gasteiger partial charge in [-0.1, -0.05) is 23.2 Å². The normalized spacial score (nSPS) is 9.93. The van der Waals surface area contributed by atoms with Gasteiger partial charge in [-0.3, -0.25) is 4.79 Å². The number of rotatable bonds is 3. The number of aliphatic carboxylic acids is 1. The highest BCUT2D eigenvalue weighted by Crippen LogP contribution is 2.28. The second-order valence-electron chi connectivity index (χ2n) is 2.83. The summed E-state index contributed by atoms with van der Waals surface area (Å²) in [5, 5.41) is 12.1. The third-order valence-corrected chi connectivity index (χ3v) is 2.40. The van der Waals surface area contributed by atoms with Crippen LogP contribution >= 0.6 is 23.2 Å². The molecule has 14 heavy (non-hydrogen) atoms. The zero-order chi connectivity index (χ0) is 10.7. The van der Waals surface area contributed by atoms with Gasteiger partial charge in [0.1, 0.15) is 6.54 Å². The van der Waals surface area contributed by atoms with Gasteiger partial charge in [-0.2, -0.15) is 0 Å². The van der Waals surface area contributed by atoms with Crippen molar-refractivity contribution in [3.8, 4) is 0 Å². The number of carbonyl (C=O) groups is 1. The van der Waals surface area contributed by atoms with Crippen LogP contribution < -0.4 is 5.32 Å². The van der Waals surface area contributed by atoms with Gasteiger partial charge < -0.3 is 10.4 Å². The minimum atomic E-state index is -0.947. The largest absolute Gasteiger partial charge is 0.480 e. The van der Waals surface area contributed by atoms with Crippen LogP contribution in [0.2, 0.25) is 10.0 Å². The minimum Gasteiger partial charge on any atom is -0.480 e. The maximum absolute atomic E-state index is 10.3. The highest BCUT2D eigenvalue weighted by Gasteiger charge is 2.05. The molecule has 0 saturated heterocycles. The molecule has 2 N–H and O–H groups in total. The average Bonchev–Trinajstić information content (AvgIpc) is 2.09. The summed E-state index contributed by atoms with van der Waals surface area (Å²) in [6.45, 7) is 1.65. The molecule has 0 atom stereocenters. The Hall–Kier alpha value is -0.930. The highest BCUT2D eigenvalue weighted by molar-refractivity contribution is 6.35. The summed E-state index contributed by atoms with van der Waals surface area (Å²) in [7, 11) is 0. The molecular formula is C9H9Cl2NO2. The van der Waals surface area contributed by atoms with Crippen molar-refractivity contribution in [2.45, 2.75) is 6.92 Å². The van der Waals surface area contributed by atoms with Gasteiger partial charge >= 0.3 is 5.97 Å². The summed E-state index contributed by atoms with van der Waals surface area (Å²) in [5.74, 6) is -0.947. The fourth-order valence-corrected chi connectivity index (χ4v) is 1.40. The topological polar surface area (TPSA) is 49.3 Å². The maximum atomic E-state index is 10.3. The van der Waals surface area contributed by atoms with E-state index in [1.54, 1.807) is 12.1 Å². The third-order valence-electron chi connectivity index (χ3n) is 1.68. The summed E-state index contributed by atoms with van der Waals surface area (Å²) in [5.41, 5.74) is 1.39. The molecule has 1 aromatic rings. The Morgan fingerprint density at radius 2 is 2.07 bits per heavy atom. The highest BCUT2D eigenvalue weighted by atomic mass is 35.5. The first-order chi connectivity index (χ1) is 6.50. The number of aryl methyl sites for hydroxylation is 1. The molecule has 1 rings (SSSR count). The summed E-state index contributed by atoms with van der Waals surface area (Å²) >= 11 is 11.7. The van der Waals surface area contributed by atoms with Gasteiger partial charge in [0.05, 0.1) is 10.7 Å². The molecule has 76 valence electrons. The molecule has 0 aromatic heterocycles. The second-order valence-corrected chi connectivity index (χ2v) is 3.64. The lowest BCUT2D eigenvalue weighted by atomic mass is 10.2. The molecular weight excluding hydrogens is 225 g/mol. The van der Waals surface area contributed by atoms with Crippen molar-refractivity contribution in [1.29, 1.82) is 0 Å². The number of anilines is 1. The molecule has 0 fully saturated rings. The molecule has 0 radical (unpaired) electrons. The standard InChI is InChI=1S/C9H9Cl2NO2/c1-5-2-7(11)8(3-6(5)10)12-4-9(13)14/h2-3,12H,4H2,1H3,(H,13,14). The monoisotopic (exact) mass is 233 g/mol. The van der Waals surface area contributed by atoms with Gasteiger partial charge in [0, 0.05) is 5.02 Å². The Balaban J connectivity index is 2.87. The van der Waals surface area contributed by atoms with Crippen LogP contribution in [0, 0.1) is 6.92 Å². The summed E-state index contributed by atoms with van der Waals surface area (Å²) in [6.07, 6.45) is 0. The molecule has 0 amide bonds. The number of nitrogens with one attached hydrogen (secondary N) is 1. The van der Waals surface area contributed by atoms with Gasteiger partial charge in [-0.15, -0.1) is 0 Å². The van der Waals surface area contributed by atoms with Crippen LogP contribution in [-0.4, -0.2) is 17.6 Å². The molecule has 0 unspecified atom stereocenters. The van der Waals surface area contributed by atoms with E-state index in [-0.39, 0.29) is 6.54 Å². The van der Waals surface area contributed by atoms with Crippen LogP contribution in [0.1, 0.15) is 5.56 Å². The van der Waals surface area contributed by atoms with Gasteiger partial charge in [-0.25, -0.2) is 0 Å². The number of carboxylic acid groups (broad SMARTS) is 1. The minimum absolute atomic E-state index is 0.181. The van der Waals surface area contributed by atoms with Crippen molar-refractivity contribution in [3.63, 3.8) is 0 Å². The van der Waals surface area contributed by atoms with Crippen LogP contribution in [0.25, 0.3) is 0 Å². The Bertz CT molecular complexity index is 366. The molecule has 0 bridgehead atoms. The van der Waals surface area contributed by atoms with E-state index >= 15 is 0 Å². The lowest BCUT2D eigenvalue weighted by molar-refractivity contribution is -0.134. The molecule has 0 aliphatic rings. The smallest absolute Gasteiger partial charge is 0.322 e. The average molecular weight is 234 g/mol. The zero-order valence-corrected chi connectivity index (χ0v) is 8.99. The number of carboxylic acids is 1. The SMILES string of the molecule is Cc1cc(Cl)c(NCC(=O)O)cc1Cl. The molecule has 0 heterocycles. The van der Waals surface area contributed by atoms with E-state index in [9.17, 15) is 4.79 Å². The lowest BCUT2D eigenvalue weighted by Gasteiger charge is -2.08. The van der Waals surface area contributed by atoms with Crippen LogP contribution in [0.15, 0.2) is 12.1 Å². The van der Waals surface area contributed by atoms with Crippen molar-refractivity contribution in [3.05, 3.63) is 27.7 Å². The number of hydrogen-bond acceptors (Lipinski definition) is 2. The molecule has 0 saturated carbocycles. The Morgan fingerprint density at radius 3 is 2.64 bits per heavy atom. The molecule has 5 heteroatoms. The molecule has 0 aliphatic carbocycles. The Morgan fingerprint density at radius 1 is 1.43 bits per heavy atom. The number of hydrogen-bond donors (Lipinski definition) is 2. The zero-order valence-electron chi connectivity index (χ0n) is 7.47. The maximum Gasteiger partial charge on any atom is 0.322 e. The van der Waals surface area contributed by atoms with Crippen LogP contribution in [0.3, 0.4) is 0 Å². The quantitative estimate of drug-likeness (QED) is 0.845. The fraction of sp³-hybridized carbons (Fsp3) is 0.222. The van der Waals surface area contributed by atoms with Crippen LogP contribution in [-0.2, 0) is 4.79 Å². The van der Waals surface area contributed by atoms with E-state index < -0.39 is 5.97 Å². The van der Waals surface area contributed by atoms with E-state index in [2.05, 4.69) is 5.32 Å². The van der Waals surface area contributed by atoms with Gasteiger partial charge in [0.25, 0.3) is 0 Å². The van der Waals surface area contributed by atoms with Gasteiger partial charge in [0.15, 0.2) is 0 Å². The van der Waals surface area contributed by atoms with Gasteiger partial charge in [-0.05, 0) is 24.6 Å². The summed E-state index contributed by atoms with van der Waals surface area (Å²) in [6, 6.07) is 3.30. The van der Waals surface area contributed by atoms with Crippen molar-refractivity contribution < 1.29 is 9.90 Å². The predicted molar refractivity (Wildman–Crippen MR) is 57.3 cm³/mol. The fourth-order valence-electron chi connectivity index (χ4n) is 0.953. The summed E-state index contributed by atoms with van der Waals surface area (Å²) in [4.78, 5) is 10.3. The van der Waals surface area contributed by atoms with Crippen molar-refractivity contribution >= 4 is 34.9 Å². The molecule has 1 aromatic carbocycles. The predicted octanol–water partition coefficient (Wildman–Crippen LogP) is 2.80.